The Kier molecular flexibility index (Phi) is 5.68. The highest BCUT2D eigenvalue weighted by Crippen LogP contribution is 2.38. The fourth-order valence-corrected chi connectivity index (χ4v) is 3.90. The molecule has 6 nitrogen and oxygen atoms in total. The van der Waals surface area contributed by atoms with Crippen molar-refractivity contribution in [3.8, 4) is 5.88 Å². The molecule has 1 amide bonds. The third-order valence-electron chi connectivity index (χ3n) is 5.16. The monoisotopic (exact) mass is 333 g/mol. The van der Waals surface area contributed by atoms with E-state index in [9.17, 15) is 4.79 Å². The number of hydrogen-bond donors (Lipinski definition) is 1. The maximum atomic E-state index is 12.5. The molecule has 6 heteroatoms. The molecule has 132 valence electrons. The van der Waals surface area contributed by atoms with E-state index in [-0.39, 0.29) is 11.4 Å². The molecule has 1 N–H and O–H groups in total. The van der Waals surface area contributed by atoms with Gasteiger partial charge in [-0.15, -0.1) is 0 Å². The summed E-state index contributed by atoms with van der Waals surface area (Å²) >= 11 is 0. The Balaban J connectivity index is 1.57. The average molecular weight is 333 g/mol. The van der Waals surface area contributed by atoms with Crippen LogP contribution in [0.1, 0.15) is 37.8 Å². The number of nitrogens with zero attached hydrogens (tertiary/aromatic N) is 2. The molecule has 0 aromatic carbocycles. The number of aromatic nitrogens is 1. The molecule has 1 aromatic rings. The van der Waals surface area contributed by atoms with Crippen LogP contribution in [0.25, 0.3) is 0 Å². The zero-order chi connectivity index (χ0) is 16.8. The molecule has 24 heavy (non-hydrogen) atoms. The quantitative estimate of drug-likeness (QED) is 0.859. The van der Waals surface area contributed by atoms with Crippen molar-refractivity contribution < 1.29 is 14.3 Å². The van der Waals surface area contributed by atoms with Crippen LogP contribution >= 0.6 is 0 Å². The predicted molar refractivity (Wildman–Crippen MR) is 90.8 cm³/mol. The summed E-state index contributed by atoms with van der Waals surface area (Å²) in [4.78, 5) is 19.4. The van der Waals surface area contributed by atoms with Crippen LogP contribution in [0.15, 0.2) is 18.2 Å². The number of methoxy groups -OCH3 is 1. The van der Waals surface area contributed by atoms with Crippen LogP contribution in [0, 0.1) is 0 Å². The molecular weight excluding hydrogens is 306 g/mol. The molecule has 0 bridgehead atoms. The summed E-state index contributed by atoms with van der Waals surface area (Å²) in [5, 5.41) is 3.03. The summed E-state index contributed by atoms with van der Waals surface area (Å²) in [6, 6.07) is 5.59. The van der Waals surface area contributed by atoms with E-state index in [4.69, 9.17) is 9.47 Å². The fourth-order valence-electron chi connectivity index (χ4n) is 3.90. The predicted octanol–water partition coefficient (Wildman–Crippen LogP) is 1.74. The minimum absolute atomic E-state index is 0.0235. The van der Waals surface area contributed by atoms with Crippen LogP contribution in [0.2, 0.25) is 0 Å². The summed E-state index contributed by atoms with van der Waals surface area (Å²) in [7, 11) is 1.59. The Morgan fingerprint density at radius 2 is 2.08 bits per heavy atom. The van der Waals surface area contributed by atoms with Crippen molar-refractivity contribution in [1.82, 2.24) is 15.2 Å². The second-order valence-electron chi connectivity index (χ2n) is 6.66. The van der Waals surface area contributed by atoms with Crippen molar-refractivity contribution in [2.24, 2.45) is 0 Å². The third kappa shape index (κ3) is 4.05. The molecule has 2 fully saturated rings. The Morgan fingerprint density at radius 3 is 2.79 bits per heavy atom. The number of hydrogen-bond acceptors (Lipinski definition) is 5. The highest BCUT2D eigenvalue weighted by atomic mass is 16.5. The molecule has 1 aromatic heterocycles. The molecule has 1 aliphatic carbocycles. The summed E-state index contributed by atoms with van der Waals surface area (Å²) in [5.74, 6) is 0.676. The minimum atomic E-state index is 0.0235. The van der Waals surface area contributed by atoms with Crippen molar-refractivity contribution in [3.63, 3.8) is 0 Å². The zero-order valence-electron chi connectivity index (χ0n) is 14.4. The first kappa shape index (κ1) is 17.2. The first-order chi connectivity index (χ1) is 11.7. The highest BCUT2D eigenvalue weighted by molar-refractivity contribution is 5.77. The summed E-state index contributed by atoms with van der Waals surface area (Å²) < 4.78 is 10.6. The van der Waals surface area contributed by atoms with Gasteiger partial charge in [0.25, 0.3) is 0 Å². The van der Waals surface area contributed by atoms with Crippen LogP contribution in [-0.2, 0) is 16.1 Å². The third-order valence-corrected chi connectivity index (χ3v) is 5.16. The standard InChI is InChI=1S/C18H27N3O3/c1-23-17-6-4-5-15(20-17)14-19-16(22)13-18(7-2-3-8-18)21-9-11-24-12-10-21/h4-6H,2-3,7-14H2,1H3,(H,19,22). The zero-order valence-corrected chi connectivity index (χ0v) is 14.4. The van der Waals surface area contributed by atoms with E-state index in [1.807, 2.05) is 12.1 Å². The number of carbonyl (C=O) groups is 1. The van der Waals surface area contributed by atoms with E-state index in [0.717, 1.165) is 44.8 Å². The van der Waals surface area contributed by atoms with Crippen LogP contribution in [0.3, 0.4) is 0 Å². The van der Waals surface area contributed by atoms with Gasteiger partial charge in [-0.3, -0.25) is 9.69 Å². The maximum Gasteiger partial charge on any atom is 0.222 e. The first-order valence-corrected chi connectivity index (χ1v) is 8.81. The van der Waals surface area contributed by atoms with Crippen molar-refractivity contribution in [2.45, 2.75) is 44.2 Å². The molecule has 0 atom stereocenters. The number of pyridine rings is 1. The smallest absolute Gasteiger partial charge is 0.222 e. The normalized spacial score (nSPS) is 20.7. The van der Waals surface area contributed by atoms with Crippen molar-refractivity contribution in [1.29, 1.82) is 0 Å². The Hall–Kier alpha value is -1.66. The van der Waals surface area contributed by atoms with Crippen molar-refractivity contribution >= 4 is 5.91 Å². The van der Waals surface area contributed by atoms with Gasteiger partial charge < -0.3 is 14.8 Å². The molecule has 1 aliphatic heterocycles. The van der Waals surface area contributed by atoms with Gasteiger partial charge in [0.2, 0.25) is 11.8 Å². The van der Waals surface area contributed by atoms with Gasteiger partial charge in [0.15, 0.2) is 0 Å². The largest absolute Gasteiger partial charge is 0.481 e. The molecule has 1 saturated carbocycles. The number of ether oxygens (including phenoxy) is 2. The van der Waals surface area contributed by atoms with Gasteiger partial charge in [-0.25, -0.2) is 4.98 Å². The van der Waals surface area contributed by atoms with E-state index in [1.54, 1.807) is 13.2 Å². The van der Waals surface area contributed by atoms with E-state index in [2.05, 4.69) is 15.2 Å². The van der Waals surface area contributed by atoms with Gasteiger partial charge in [0.05, 0.1) is 32.6 Å². The van der Waals surface area contributed by atoms with Gasteiger partial charge in [-0.1, -0.05) is 18.9 Å². The summed E-state index contributed by atoms with van der Waals surface area (Å²) in [6.45, 7) is 3.86. The second kappa shape index (κ2) is 7.94. The molecule has 1 saturated heterocycles. The van der Waals surface area contributed by atoms with E-state index in [0.29, 0.717) is 18.8 Å². The lowest BCUT2D eigenvalue weighted by atomic mass is 9.90. The molecule has 3 rings (SSSR count). The van der Waals surface area contributed by atoms with Crippen LogP contribution < -0.4 is 10.1 Å². The Morgan fingerprint density at radius 1 is 1.33 bits per heavy atom. The van der Waals surface area contributed by atoms with Crippen LogP contribution in [0.4, 0.5) is 0 Å². The molecule has 0 unspecified atom stereocenters. The van der Waals surface area contributed by atoms with E-state index in [1.165, 1.54) is 12.8 Å². The molecule has 2 heterocycles. The van der Waals surface area contributed by atoms with Gasteiger partial charge in [0, 0.05) is 31.1 Å². The molecule has 2 aliphatic rings. The average Bonchev–Trinajstić information content (AvgIpc) is 3.10. The fraction of sp³-hybridized carbons (Fsp3) is 0.667. The van der Waals surface area contributed by atoms with Crippen LogP contribution in [-0.4, -0.2) is 54.7 Å². The Labute approximate surface area is 143 Å². The van der Waals surface area contributed by atoms with Crippen LogP contribution in [0.5, 0.6) is 5.88 Å². The lowest BCUT2D eigenvalue weighted by Gasteiger charge is -2.43. The molecular formula is C18H27N3O3. The number of nitrogens with one attached hydrogen (secondary N) is 1. The first-order valence-electron chi connectivity index (χ1n) is 8.81. The van der Waals surface area contributed by atoms with Crippen molar-refractivity contribution in [3.05, 3.63) is 23.9 Å². The van der Waals surface area contributed by atoms with Gasteiger partial charge >= 0.3 is 0 Å². The second-order valence-corrected chi connectivity index (χ2v) is 6.66. The Bertz CT molecular complexity index is 552. The SMILES string of the molecule is COc1cccc(CNC(=O)CC2(N3CCOCC3)CCCC2)n1. The summed E-state index contributed by atoms with van der Waals surface area (Å²) in [6.07, 6.45) is 5.21. The number of rotatable bonds is 6. The summed E-state index contributed by atoms with van der Waals surface area (Å²) in [5.41, 5.74) is 0.838. The van der Waals surface area contributed by atoms with Gasteiger partial charge in [0.1, 0.15) is 0 Å². The van der Waals surface area contributed by atoms with Crippen molar-refractivity contribution in [2.75, 3.05) is 33.4 Å². The lowest BCUT2D eigenvalue weighted by Crippen LogP contribution is -2.53. The molecule has 0 spiro atoms. The molecule has 0 radical (unpaired) electrons. The van der Waals surface area contributed by atoms with E-state index >= 15 is 0 Å². The maximum absolute atomic E-state index is 12.5. The highest BCUT2D eigenvalue weighted by Gasteiger charge is 2.41. The van der Waals surface area contributed by atoms with Gasteiger partial charge in [-0.2, -0.15) is 0 Å². The topological polar surface area (TPSA) is 63.7 Å². The lowest BCUT2D eigenvalue weighted by molar-refractivity contribution is -0.125. The minimum Gasteiger partial charge on any atom is -0.481 e. The van der Waals surface area contributed by atoms with E-state index < -0.39 is 0 Å². The van der Waals surface area contributed by atoms with Gasteiger partial charge in [-0.05, 0) is 18.9 Å². The number of amides is 1. The number of morpholine rings is 1. The number of carbonyl (C=O) groups excluding carboxylic acids is 1.